The van der Waals surface area contributed by atoms with Crippen LogP contribution in [0.2, 0.25) is 0 Å². The molecular weight excluding hydrogens is 330 g/mol. The second kappa shape index (κ2) is 7.45. The molecule has 5 nitrogen and oxygen atoms in total. The summed E-state index contributed by atoms with van der Waals surface area (Å²) in [4.78, 5) is 15.1. The lowest BCUT2D eigenvalue weighted by Gasteiger charge is -2.24. The van der Waals surface area contributed by atoms with E-state index in [-0.39, 0.29) is 12.5 Å². The molecule has 3 rings (SSSR count). The minimum atomic E-state index is -0.714. The van der Waals surface area contributed by atoms with Crippen LogP contribution in [0.25, 0.3) is 0 Å². The first kappa shape index (κ1) is 15.8. The van der Waals surface area contributed by atoms with Gasteiger partial charge in [-0.3, -0.25) is 4.79 Å². The zero-order valence-electron chi connectivity index (χ0n) is 12.2. The topological polar surface area (TPSA) is 66.3 Å². The molecule has 2 aromatic heterocycles. The SMILES string of the molecule is O=C(c1cnsn1)N(Cc1ccccc1)CC(O)c1cccs1. The van der Waals surface area contributed by atoms with Gasteiger partial charge in [-0.1, -0.05) is 36.4 Å². The third-order valence-electron chi connectivity index (χ3n) is 3.35. The fraction of sp³-hybridized carbons (Fsp3) is 0.188. The monoisotopic (exact) mass is 345 g/mol. The van der Waals surface area contributed by atoms with Crippen molar-refractivity contribution >= 4 is 29.0 Å². The van der Waals surface area contributed by atoms with Crippen LogP contribution in [0.4, 0.5) is 0 Å². The van der Waals surface area contributed by atoms with Crippen LogP contribution in [-0.4, -0.2) is 31.2 Å². The van der Waals surface area contributed by atoms with E-state index in [4.69, 9.17) is 0 Å². The number of benzene rings is 1. The van der Waals surface area contributed by atoms with Gasteiger partial charge in [0.15, 0.2) is 5.69 Å². The molecule has 0 spiro atoms. The number of rotatable bonds is 6. The molecule has 3 aromatic rings. The number of carbonyl (C=O) groups is 1. The van der Waals surface area contributed by atoms with Gasteiger partial charge >= 0.3 is 0 Å². The lowest BCUT2D eigenvalue weighted by Crippen LogP contribution is -2.34. The number of aromatic nitrogens is 2. The van der Waals surface area contributed by atoms with E-state index in [0.717, 1.165) is 22.2 Å². The summed E-state index contributed by atoms with van der Waals surface area (Å²) >= 11 is 2.47. The molecule has 0 aliphatic rings. The first-order chi connectivity index (χ1) is 11.2. The van der Waals surface area contributed by atoms with Crippen molar-refractivity contribution in [3.63, 3.8) is 0 Å². The molecule has 0 saturated heterocycles. The lowest BCUT2D eigenvalue weighted by atomic mass is 10.2. The van der Waals surface area contributed by atoms with Gasteiger partial charge in [0.05, 0.1) is 24.5 Å². The van der Waals surface area contributed by atoms with Crippen LogP contribution in [0, 0.1) is 0 Å². The summed E-state index contributed by atoms with van der Waals surface area (Å²) in [5.41, 5.74) is 1.31. The smallest absolute Gasteiger partial charge is 0.275 e. The Hall–Kier alpha value is -2.09. The minimum absolute atomic E-state index is 0.214. The molecule has 0 aliphatic heterocycles. The van der Waals surface area contributed by atoms with Crippen molar-refractivity contribution in [2.45, 2.75) is 12.6 Å². The van der Waals surface area contributed by atoms with Gasteiger partial charge in [0.25, 0.3) is 5.91 Å². The summed E-state index contributed by atoms with van der Waals surface area (Å²) in [6.45, 7) is 0.630. The summed E-state index contributed by atoms with van der Waals surface area (Å²) in [5.74, 6) is -0.224. The highest BCUT2D eigenvalue weighted by Gasteiger charge is 2.22. The van der Waals surface area contributed by atoms with Gasteiger partial charge < -0.3 is 10.0 Å². The van der Waals surface area contributed by atoms with Gasteiger partial charge in [-0.2, -0.15) is 8.75 Å². The van der Waals surface area contributed by atoms with Gasteiger partial charge in [-0.05, 0) is 17.0 Å². The average Bonchev–Trinajstić information content (AvgIpc) is 3.27. The van der Waals surface area contributed by atoms with E-state index in [1.165, 1.54) is 17.5 Å². The number of hydrogen-bond acceptors (Lipinski definition) is 6. The van der Waals surface area contributed by atoms with Gasteiger partial charge in [-0.25, -0.2) is 0 Å². The molecule has 1 aromatic carbocycles. The maximum absolute atomic E-state index is 12.6. The standard InChI is InChI=1S/C16H15N3O2S2/c20-14(15-7-4-8-22-15)11-19(10-12-5-2-1-3-6-12)16(21)13-9-17-23-18-13/h1-9,14,20H,10-11H2. The van der Waals surface area contributed by atoms with Crippen LogP contribution in [0.5, 0.6) is 0 Å². The molecule has 0 bridgehead atoms. The van der Waals surface area contributed by atoms with E-state index < -0.39 is 6.10 Å². The molecule has 1 atom stereocenters. The predicted molar refractivity (Wildman–Crippen MR) is 90.4 cm³/mol. The Labute approximate surface area is 142 Å². The number of aliphatic hydroxyl groups excluding tert-OH is 1. The molecule has 0 radical (unpaired) electrons. The van der Waals surface area contributed by atoms with Gasteiger partial charge in [0.2, 0.25) is 0 Å². The summed E-state index contributed by atoms with van der Waals surface area (Å²) in [5, 5.41) is 12.3. The molecule has 23 heavy (non-hydrogen) atoms. The van der Waals surface area contributed by atoms with E-state index in [9.17, 15) is 9.90 Å². The molecule has 1 unspecified atom stereocenters. The second-order valence-electron chi connectivity index (χ2n) is 5.00. The van der Waals surface area contributed by atoms with Crippen LogP contribution in [0.3, 0.4) is 0 Å². The first-order valence-corrected chi connectivity index (χ1v) is 8.67. The van der Waals surface area contributed by atoms with Gasteiger partial charge in [-0.15, -0.1) is 11.3 Å². The summed E-state index contributed by atoms with van der Waals surface area (Å²) in [7, 11) is 0. The highest BCUT2D eigenvalue weighted by atomic mass is 32.1. The molecule has 0 aliphatic carbocycles. The molecular formula is C16H15N3O2S2. The zero-order valence-corrected chi connectivity index (χ0v) is 13.8. The number of carbonyl (C=O) groups excluding carboxylic acids is 1. The fourth-order valence-electron chi connectivity index (χ4n) is 2.22. The fourth-order valence-corrected chi connectivity index (χ4v) is 3.33. The number of hydrogen-bond donors (Lipinski definition) is 1. The van der Waals surface area contributed by atoms with Crippen molar-refractivity contribution in [2.24, 2.45) is 0 Å². The van der Waals surface area contributed by atoms with Crippen molar-refractivity contribution in [3.8, 4) is 0 Å². The Kier molecular flexibility index (Phi) is 5.12. The van der Waals surface area contributed by atoms with Crippen LogP contribution in [0.15, 0.2) is 54.0 Å². The molecule has 0 fully saturated rings. The Morgan fingerprint density at radius 3 is 2.70 bits per heavy atom. The van der Waals surface area contributed by atoms with Gasteiger partial charge in [0.1, 0.15) is 6.10 Å². The Morgan fingerprint density at radius 2 is 2.04 bits per heavy atom. The van der Waals surface area contributed by atoms with Crippen LogP contribution in [-0.2, 0) is 6.54 Å². The molecule has 1 amide bonds. The third kappa shape index (κ3) is 4.01. The normalized spacial score (nSPS) is 12.0. The van der Waals surface area contributed by atoms with E-state index in [1.807, 2.05) is 47.8 Å². The highest BCUT2D eigenvalue weighted by molar-refractivity contribution is 7.10. The quantitative estimate of drug-likeness (QED) is 0.746. The van der Waals surface area contributed by atoms with Crippen LogP contribution in [0.1, 0.15) is 27.0 Å². The van der Waals surface area contributed by atoms with Crippen LogP contribution >= 0.6 is 23.1 Å². The Balaban J connectivity index is 1.79. The van der Waals surface area contributed by atoms with Crippen molar-refractivity contribution in [1.29, 1.82) is 0 Å². The zero-order chi connectivity index (χ0) is 16.1. The predicted octanol–water partition coefficient (Wildman–Crippen LogP) is 2.98. The number of amides is 1. The van der Waals surface area contributed by atoms with Crippen molar-refractivity contribution in [1.82, 2.24) is 13.6 Å². The van der Waals surface area contributed by atoms with Crippen LogP contribution < -0.4 is 0 Å². The van der Waals surface area contributed by atoms with Crippen molar-refractivity contribution < 1.29 is 9.90 Å². The molecule has 118 valence electrons. The maximum Gasteiger partial charge on any atom is 0.275 e. The third-order valence-corrected chi connectivity index (χ3v) is 4.80. The van der Waals surface area contributed by atoms with Crippen molar-refractivity contribution in [2.75, 3.05) is 6.54 Å². The number of nitrogens with zero attached hydrogens (tertiary/aromatic N) is 3. The molecule has 0 saturated carbocycles. The number of aliphatic hydroxyl groups is 1. The van der Waals surface area contributed by atoms with Crippen molar-refractivity contribution in [3.05, 3.63) is 70.2 Å². The van der Waals surface area contributed by atoms with E-state index in [0.29, 0.717) is 12.2 Å². The molecule has 2 heterocycles. The largest absolute Gasteiger partial charge is 0.386 e. The Morgan fingerprint density at radius 1 is 1.22 bits per heavy atom. The molecule has 7 heteroatoms. The first-order valence-electron chi connectivity index (χ1n) is 7.06. The number of thiophene rings is 1. The minimum Gasteiger partial charge on any atom is -0.386 e. The lowest BCUT2D eigenvalue weighted by molar-refractivity contribution is 0.0604. The summed E-state index contributed by atoms with van der Waals surface area (Å²) in [6, 6.07) is 13.5. The summed E-state index contributed by atoms with van der Waals surface area (Å²) in [6.07, 6.45) is 0.747. The van der Waals surface area contributed by atoms with E-state index >= 15 is 0 Å². The summed E-state index contributed by atoms with van der Waals surface area (Å²) < 4.78 is 7.89. The Bertz CT molecular complexity index is 730. The maximum atomic E-state index is 12.6. The van der Waals surface area contributed by atoms with E-state index in [2.05, 4.69) is 8.75 Å². The highest BCUT2D eigenvalue weighted by Crippen LogP contribution is 2.21. The van der Waals surface area contributed by atoms with Gasteiger partial charge in [0, 0.05) is 11.4 Å². The van der Waals surface area contributed by atoms with E-state index in [1.54, 1.807) is 4.90 Å². The second-order valence-corrected chi connectivity index (χ2v) is 6.53. The molecule has 1 N–H and O–H groups in total. The average molecular weight is 345 g/mol.